The average Bonchev–Trinajstić information content (AvgIpc) is 2.13. The quantitative estimate of drug-likeness (QED) is 0.609. The predicted octanol–water partition coefficient (Wildman–Crippen LogP) is 1.19. The number of carbonyl (C=O) groups excluding carboxylic acids is 1. The van der Waals surface area contributed by atoms with Crippen molar-refractivity contribution in [2.24, 2.45) is 5.73 Å². The zero-order valence-corrected chi connectivity index (χ0v) is 8.55. The Morgan fingerprint density at radius 1 is 1.69 bits per heavy atom. The number of hydrogen-bond acceptors (Lipinski definition) is 2. The molecule has 3 nitrogen and oxygen atoms in total. The van der Waals surface area contributed by atoms with Gasteiger partial charge in [-0.3, -0.25) is 4.79 Å². The SMILES string of the molecule is C=CC(C)NC(=O)C(N)CCCC. The Morgan fingerprint density at radius 3 is 2.77 bits per heavy atom. The van der Waals surface area contributed by atoms with Crippen LogP contribution in [0.4, 0.5) is 0 Å². The fourth-order valence-electron chi connectivity index (χ4n) is 0.945. The van der Waals surface area contributed by atoms with Gasteiger partial charge < -0.3 is 11.1 Å². The number of unbranched alkanes of at least 4 members (excludes halogenated alkanes) is 1. The van der Waals surface area contributed by atoms with E-state index in [4.69, 9.17) is 5.73 Å². The lowest BCUT2D eigenvalue weighted by molar-refractivity contribution is -0.122. The van der Waals surface area contributed by atoms with Crippen LogP contribution in [0, 0.1) is 0 Å². The first-order valence-corrected chi connectivity index (χ1v) is 4.80. The highest BCUT2D eigenvalue weighted by Crippen LogP contribution is 1.98. The van der Waals surface area contributed by atoms with E-state index in [0.717, 1.165) is 19.3 Å². The summed E-state index contributed by atoms with van der Waals surface area (Å²) in [6.07, 6.45) is 4.51. The van der Waals surface area contributed by atoms with E-state index in [9.17, 15) is 4.79 Å². The molecule has 0 saturated heterocycles. The molecule has 13 heavy (non-hydrogen) atoms. The maximum absolute atomic E-state index is 11.3. The van der Waals surface area contributed by atoms with Crippen LogP contribution in [0.15, 0.2) is 12.7 Å². The van der Waals surface area contributed by atoms with Crippen molar-refractivity contribution in [1.82, 2.24) is 5.32 Å². The van der Waals surface area contributed by atoms with E-state index in [-0.39, 0.29) is 18.0 Å². The molecule has 3 N–H and O–H groups in total. The molecule has 0 saturated carbocycles. The molecule has 0 aliphatic carbocycles. The van der Waals surface area contributed by atoms with Crippen molar-refractivity contribution in [3.8, 4) is 0 Å². The van der Waals surface area contributed by atoms with Crippen LogP contribution in [0.25, 0.3) is 0 Å². The number of hydrogen-bond donors (Lipinski definition) is 2. The van der Waals surface area contributed by atoms with Crippen molar-refractivity contribution in [1.29, 1.82) is 0 Å². The van der Waals surface area contributed by atoms with Crippen LogP contribution in [0.3, 0.4) is 0 Å². The number of amides is 1. The summed E-state index contributed by atoms with van der Waals surface area (Å²) in [6, 6.07) is -0.373. The summed E-state index contributed by atoms with van der Waals surface area (Å²) in [5.41, 5.74) is 5.66. The highest BCUT2D eigenvalue weighted by molar-refractivity contribution is 5.81. The molecule has 0 aliphatic rings. The maximum Gasteiger partial charge on any atom is 0.237 e. The van der Waals surface area contributed by atoms with Gasteiger partial charge in [-0.1, -0.05) is 25.8 Å². The van der Waals surface area contributed by atoms with Crippen LogP contribution in [0.1, 0.15) is 33.1 Å². The van der Waals surface area contributed by atoms with Gasteiger partial charge >= 0.3 is 0 Å². The first-order valence-electron chi connectivity index (χ1n) is 4.80. The Hall–Kier alpha value is -0.830. The van der Waals surface area contributed by atoms with E-state index >= 15 is 0 Å². The molecular formula is C10H20N2O. The van der Waals surface area contributed by atoms with Gasteiger partial charge in [0.1, 0.15) is 0 Å². The van der Waals surface area contributed by atoms with Crippen molar-refractivity contribution in [2.45, 2.75) is 45.2 Å². The summed E-state index contributed by atoms with van der Waals surface area (Å²) in [4.78, 5) is 11.3. The molecule has 0 bridgehead atoms. The van der Waals surface area contributed by atoms with Crippen molar-refractivity contribution in [2.75, 3.05) is 0 Å². The van der Waals surface area contributed by atoms with Gasteiger partial charge in [-0.05, 0) is 13.3 Å². The number of nitrogens with one attached hydrogen (secondary N) is 1. The number of nitrogens with two attached hydrogens (primary N) is 1. The smallest absolute Gasteiger partial charge is 0.237 e. The zero-order valence-electron chi connectivity index (χ0n) is 8.55. The molecule has 2 unspecified atom stereocenters. The number of carbonyl (C=O) groups is 1. The van der Waals surface area contributed by atoms with E-state index in [2.05, 4.69) is 18.8 Å². The standard InChI is InChI=1S/C10H20N2O/c1-4-6-7-9(11)10(13)12-8(3)5-2/h5,8-9H,2,4,6-7,11H2,1,3H3,(H,12,13). The molecule has 0 spiro atoms. The molecule has 0 heterocycles. The lowest BCUT2D eigenvalue weighted by Gasteiger charge is -2.14. The van der Waals surface area contributed by atoms with Gasteiger partial charge in [0, 0.05) is 6.04 Å². The molecular weight excluding hydrogens is 164 g/mol. The Balaban J connectivity index is 3.75. The van der Waals surface area contributed by atoms with E-state index in [1.54, 1.807) is 6.08 Å². The molecule has 0 radical (unpaired) electrons. The minimum Gasteiger partial charge on any atom is -0.349 e. The molecule has 0 fully saturated rings. The molecule has 0 rings (SSSR count). The predicted molar refractivity (Wildman–Crippen MR) is 55.3 cm³/mol. The molecule has 0 aromatic carbocycles. The third kappa shape index (κ3) is 5.42. The minimum atomic E-state index is -0.373. The Morgan fingerprint density at radius 2 is 2.31 bits per heavy atom. The van der Waals surface area contributed by atoms with E-state index < -0.39 is 0 Å². The lowest BCUT2D eigenvalue weighted by atomic mass is 10.1. The third-order valence-electron chi connectivity index (χ3n) is 1.93. The summed E-state index contributed by atoms with van der Waals surface area (Å²) in [5, 5.41) is 2.76. The van der Waals surface area contributed by atoms with E-state index in [1.807, 2.05) is 6.92 Å². The van der Waals surface area contributed by atoms with Crippen LogP contribution < -0.4 is 11.1 Å². The maximum atomic E-state index is 11.3. The Bertz CT molecular complexity index is 168. The monoisotopic (exact) mass is 184 g/mol. The van der Waals surface area contributed by atoms with Crippen molar-refractivity contribution in [3.63, 3.8) is 0 Å². The molecule has 2 atom stereocenters. The second-order valence-electron chi connectivity index (χ2n) is 3.28. The molecule has 1 amide bonds. The first-order chi connectivity index (χ1) is 6.11. The summed E-state index contributed by atoms with van der Waals surface area (Å²) in [7, 11) is 0. The molecule has 0 aromatic rings. The molecule has 76 valence electrons. The van der Waals surface area contributed by atoms with Gasteiger partial charge in [-0.2, -0.15) is 0 Å². The van der Waals surface area contributed by atoms with Gasteiger partial charge in [-0.15, -0.1) is 6.58 Å². The fourth-order valence-corrected chi connectivity index (χ4v) is 0.945. The normalized spacial score (nSPS) is 14.7. The summed E-state index contributed by atoms with van der Waals surface area (Å²) in [6.45, 7) is 7.53. The second kappa shape index (κ2) is 6.66. The topological polar surface area (TPSA) is 55.1 Å². The van der Waals surface area contributed by atoms with Crippen LogP contribution in [0.2, 0.25) is 0 Å². The van der Waals surface area contributed by atoms with Crippen molar-refractivity contribution in [3.05, 3.63) is 12.7 Å². The molecule has 0 aliphatic heterocycles. The van der Waals surface area contributed by atoms with Crippen LogP contribution in [-0.4, -0.2) is 18.0 Å². The fraction of sp³-hybridized carbons (Fsp3) is 0.700. The minimum absolute atomic E-state index is 0.000163. The summed E-state index contributed by atoms with van der Waals surface area (Å²) < 4.78 is 0. The lowest BCUT2D eigenvalue weighted by Crippen LogP contribution is -2.43. The Labute approximate surface area is 80.4 Å². The van der Waals surface area contributed by atoms with Crippen LogP contribution in [-0.2, 0) is 4.79 Å². The molecule has 0 aromatic heterocycles. The first kappa shape index (κ1) is 12.2. The van der Waals surface area contributed by atoms with E-state index in [1.165, 1.54) is 0 Å². The van der Waals surface area contributed by atoms with Crippen molar-refractivity contribution >= 4 is 5.91 Å². The summed E-state index contributed by atoms with van der Waals surface area (Å²) in [5.74, 6) is -0.0825. The highest BCUT2D eigenvalue weighted by Gasteiger charge is 2.13. The van der Waals surface area contributed by atoms with E-state index in [0.29, 0.717) is 0 Å². The summed E-state index contributed by atoms with van der Waals surface area (Å²) >= 11 is 0. The van der Waals surface area contributed by atoms with Crippen LogP contribution in [0.5, 0.6) is 0 Å². The molecule has 3 heteroatoms. The van der Waals surface area contributed by atoms with Gasteiger partial charge in [0.2, 0.25) is 5.91 Å². The number of rotatable bonds is 6. The Kier molecular flexibility index (Phi) is 6.24. The third-order valence-corrected chi connectivity index (χ3v) is 1.93. The van der Waals surface area contributed by atoms with Gasteiger partial charge in [-0.25, -0.2) is 0 Å². The van der Waals surface area contributed by atoms with Crippen LogP contribution >= 0.6 is 0 Å². The second-order valence-corrected chi connectivity index (χ2v) is 3.28. The van der Waals surface area contributed by atoms with Crippen molar-refractivity contribution < 1.29 is 4.79 Å². The van der Waals surface area contributed by atoms with Gasteiger partial charge in [0.15, 0.2) is 0 Å². The highest BCUT2D eigenvalue weighted by atomic mass is 16.2. The zero-order chi connectivity index (χ0) is 10.3. The van der Waals surface area contributed by atoms with Gasteiger partial charge in [0.25, 0.3) is 0 Å². The van der Waals surface area contributed by atoms with Gasteiger partial charge in [0.05, 0.1) is 6.04 Å². The average molecular weight is 184 g/mol. The largest absolute Gasteiger partial charge is 0.349 e.